The molecule has 0 spiro atoms. The fraction of sp³-hybridized carbons (Fsp3) is 0.286. The van der Waals surface area contributed by atoms with Crippen LogP contribution in [0.15, 0.2) is 48.5 Å². The van der Waals surface area contributed by atoms with Crippen molar-refractivity contribution < 1.29 is 14.3 Å². The summed E-state index contributed by atoms with van der Waals surface area (Å²) >= 11 is 6.20. The van der Waals surface area contributed by atoms with Crippen LogP contribution in [-0.2, 0) is 11.2 Å². The lowest BCUT2D eigenvalue weighted by molar-refractivity contribution is 0.0938. The Hall–Kier alpha value is -2.70. The Labute approximate surface area is 169 Å². The minimum absolute atomic E-state index is 0.120. The average molecular weight is 400 g/mol. The summed E-state index contributed by atoms with van der Waals surface area (Å²) in [7, 11) is 0. The van der Waals surface area contributed by atoms with Crippen molar-refractivity contribution in [1.29, 1.82) is 0 Å². The molecule has 146 valence electrons. The van der Waals surface area contributed by atoms with Crippen LogP contribution in [-0.4, -0.2) is 40.5 Å². The van der Waals surface area contributed by atoms with Crippen molar-refractivity contribution in [3.8, 4) is 17.4 Å². The van der Waals surface area contributed by atoms with E-state index in [2.05, 4.69) is 17.0 Å². The minimum Gasteiger partial charge on any atom is -0.460 e. The molecule has 1 heterocycles. The first-order valence-corrected chi connectivity index (χ1v) is 9.58. The highest BCUT2D eigenvalue weighted by atomic mass is 35.5. The second-order valence-electron chi connectivity index (χ2n) is 6.01. The van der Waals surface area contributed by atoms with Crippen LogP contribution in [0.3, 0.4) is 0 Å². The van der Waals surface area contributed by atoms with Gasteiger partial charge in [-0.1, -0.05) is 54.9 Å². The molecule has 0 aliphatic rings. The number of halogens is 1. The summed E-state index contributed by atoms with van der Waals surface area (Å²) < 4.78 is 12.1. The number of hydrogen-bond donors (Lipinski definition) is 0. The zero-order valence-corrected chi connectivity index (χ0v) is 16.6. The molecule has 2 aromatic carbocycles. The normalized spacial score (nSPS) is 10.8. The average Bonchev–Trinajstić information content (AvgIpc) is 3.15. The Morgan fingerprint density at radius 3 is 2.50 bits per heavy atom. The second-order valence-corrected chi connectivity index (χ2v) is 6.42. The number of rotatable bonds is 8. The maximum atomic E-state index is 13.1. The van der Waals surface area contributed by atoms with E-state index in [0.29, 0.717) is 36.2 Å². The number of hydrogen-bond acceptors (Lipinski definition) is 5. The van der Waals surface area contributed by atoms with Gasteiger partial charge >= 0.3 is 6.01 Å². The van der Waals surface area contributed by atoms with Crippen LogP contribution in [0.25, 0.3) is 11.4 Å². The monoisotopic (exact) mass is 399 g/mol. The number of ether oxygens (including phenoxy) is 2. The van der Waals surface area contributed by atoms with E-state index in [1.165, 1.54) is 10.2 Å². The third-order valence-corrected chi connectivity index (χ3v) is 4.50. The predicted molar refractivity (Wildman–Crippen MR) is 108 cm³/mol. The number of aryl methyl sites for hydroxylation is 1. The number of benzene rings is 2. The highest BCUT2D eigenvalue weighted by Gasteiger charge is 2.21. The minimum atomic E-state index is -0.368. The van der Waals surface area contributed by atoms with E-state index in [1.54, 1.807) is 24.3 Å². The fourth-order valence-electron chi connectivity index (χ4n) is 2.66. The van der Waals surface area contributed by atoms with E-state index < -0.39 is 0 Å². The van der Waals surface area contributed by atoms with E-state index in [0.717, 1.165) is 12.0 Å². The van der Waals surface area contributed by atoms with Crippen molar-refractivity contribution in [2.75, 3.05) is 19.8 Å². The zero-order valence-electron chi connectivity index (χ0n) is 15.9. The predicted octanol–water partition coefficient (Wildman–Crippen LogP) is 4.26. The molecule has 3 aromatic rings. The molecular formula is C21H22ClN3O3. The van der Waals surface area contributed by atoms with Crippen LogP contribution >= 0.6 is 11.6 Å². The third-order valence-electron chi connectivity index (χ3n) is 4.17. The van der Waals surface area contributed by atoms with Crippen molar-refractivity contribution in [3.63, 3.8) is 0 Å². The molecule has 0 amide bonds. The summed E-state index contributed by atoms with van der Waals surface area (Å²) in [5.74, 6) is 0.0336. The van der Waals surface area contributed by atoms with Crippen LogP contribution in [0, 0.1) is 0 Å². The fourth-order valence-corrected chi connectivity index (χ4v) is 2.87. The molecule has 0 fully saturated rings. The van der Waals surface area contributed by atoms with E-state index in [9.17, 15) is 4.79 Å². The van der Waals surface area contributed by atoms with Crippen LogP contribution in [0.5, 0.6) is 6.01 Å². The molecule has 0 atom stereocenters. The lowest BCUT2D eigenvalue weighted by atomic mass is 10.1. The standard InChI is InChI=1S/C21H22ClN3O3/c1-3-15-9-11-16(12-10-15)19-23-21(28-14-13-27-4-2)24-25(19)20(26)17-7-5-6-8-18(17)22/h5-12H,3-4,13-14H2,1-2H3. The molecule has 0 saturated carbocycles. The van der Waals surface area contributed by atoms with Gasteiger partial charge in [0.1, 0.15) is 6.61 Å². The number of carbonyl (C=O) groups excluding carboxylic acids is 1. The van der Waals surface area contributed by atoms with Crippen molar-refractivity contribution in [2.24, 2.45) is 0 Å². The molecular weight excluding hydrogens is 378 g/mol. The number of nitrogens with zero attached hydrogens (tertiary/aromatic N) is 3. The lowest BCUT2D eigenvalue weighted by Crippen LogP contribution is -2.16. The first kappa shape index (κ1) is 20.0. The summed E-state index contributed by atoms with van der Waals surface area (Å²) in [6.45, 7) is 5.32. The van der Waals surface area contributed by atoms with Gasteiger partial charge in [-0.3, -0.25) is 4.79 Å². The molecule has 3 rings (SSSR count). The van der Waals surface area contributed by atoms with Gasteiger partial charge in [0.2, 0.25) is 0 Å². The summed E-state index contributed by atoms with van der Waals surface area (Å²) in [5.41, 5.74) is 2.31. The quantitative estimate of drug-likeness (QED) is 0.529. The molecule has 6 nitrogen and oxygen atoms in total. The third kappa shape index (κ3) is 4.58. The number of aromatic nitrogens is 3. The molecule has 0 aliphatic carbocycles. The molecule has 0 bridgehead atoms. The van der Waals surface area contributed by atoms with Gasteiger partial charge in [0.25, 0.3) is 5.91 Å². The van der Waals surface area contributed by atoms with Crippen molar-refractivity contribution in [1.82, 2.24) is 14.8 Å². The Morgan fingerprint density at radius 1 is 1.07 bits per heavy atom. The first-order valence-electron chi connectivity index (χ1n) is 9.20. The van der Waals surface area contributed by atoms with Gasteiger partial charge in [-0.25, -0.2) is 0 Å². The van der Waals surface area contributed by atoms with E-state index in [1.807, 2.05) is 31.2 Å². The first-order chi connectivity index (χ1) is 13.6. The van der Waals surface area contributed by atoms with Crippen LogP contribution < -0.4 is 4.74 Å². The van der Waals surface area contributed by atoms with Gasteiger partial charge in [-0.2, -0.15) is 9.67 Å². The molecule has 0 saturated heterocycles. The maximum absolute atomic E-state index is 13.1. The zero-order chi connectivity index (χ0) is 19.9. The lowest BCUT2D eigenvalue weighted by Gasteiger charge is -2.06. The maximum Gasteiger partial charge on any atom is 0.336 e. The highest BCUT2D eigenvalue weighted by Crippen LogP contribution is 2.24. The SMILES string of the molecule is CCOCCOc1nc(-c2ccc(CC)cc2)n(C(=O)c2ccccc2Cl)n1. The summed E-state index contributed by atoms with van der Waals surface area (Å²) in [5, 5.41) is 4.62. The second kappa shape index (κ2) is 9.48. The summed E-state index contributed by atoms with van der Waals surface area (Å²) in [6, 6.07) is 14.8. The van der Waals surface area contributed by atoms with Gasteiger partial charge in [-0.05, 0) is 31.0 Å². The van der Waals surface area contributed by atoms with Gasteiger partial charge in [0.15, 0.2) is 5.82 Å². The topological polar surface area (TPSA) is 66.2 Å². The molecule has 0 unspecified atom stereocenters. The Balaban J connectivity index is 1.96. The van der Waals surface area contributed by atoms with Gasteiger partial charge < -0.3 is 9.47 Å². The molecule has 0 aliphatic heterocycles. The van der Waals surface area contributed by atoms with Crippen molar-refractivity contribution in [2.45, 2.75) is 20.3 Å². The van der Waals surface area contributed by atoms with Gasteiger partial charge in [-0.15, -0.1) is 5.10 Å². The van der Waals surface area contributed by atoms with Gasteiger partial charge in [0, 0.05) is 12.2 Å². The Bertz CT molecular complexity index is 938. The number of carbonyl (C=O) groups is 1. The van der Waals surface area contributed by atoms with E-state index in [4.69, 9.17) is 21.1 Å². The molecule has 28 heavy (non-hydrogen) atoms. The Morgan fingerprint density at radius 2 is 1.82 bits per heavy atom. The van der Waals surface area contributed by atoms with Crippen molar-refractivity contribution >= 4 is 17.5 Å². The molecule has 0 radical (unpaired) electrons. The van der Waals surface area contributed by atoms with Crippen LogP contribution in [0.2, 0.25) is 5.02 Å². The van der Waals surface area contributed by atoms with Crippen LogP contribution in [0.1, 0.15) is 29.8 Å². The summed E-state index contributed by atoms with van der Waals surface area (Å²) in [4.78, 5) is 17.5. The molecule has 1 aromatic heterocycles. The van der Waals surface area contributed by atoms with E-state index >= 15 is 0 Å². The molecule has 0 N–H and O–H groups in total. The molecule has 7 heteroatoms. The smallest absolute Gasteiger partial charge is 0.336 e. The van der Waals surface area contributed by atoms with Crippen LogP contribution in [0.4, 0.5) is 0 Å². The van der Waals surface area contributed by atoms with E-state index in [-0.39, 0.29) is 11.9 Å². The van der Waals surface area contributed by atoms with Crippen molar-refractivity contribution in [3.05, 3.63) is 64.7 Å². The Kier molecular flexibility index (Phi) is 6.79. The summed E-state index contributed by atoms with van der Waals surface area (Å²) in [6.07, 6.45) is 0.928. The van der Waals surface area contributed by atoms with Gasteiger partial charge in [0.05, 0.1) is 17.2 Å². The largest absolute Gasteiger partial charge is 0.460 e. The highest BCUT2D eigenvalue weighted by molar-refractivity contribution is 6.33.